The van der Waals surface area contributed by atoms with Gasteiger partial charge in [0.1, 0.15) is 9.52 Å². The van der Waals surface area contributed by atoms with Crippen molar-refractivity contribution in [2.75, 3.05) is 0 Å². The summed E-state index contributed by atoms with van der Waals surface area (Å²) in [6.45, 7) is 2.06. The van der Waals surface area contributed by atoms with Gasteiger partial charge in [-0.1, -0.05) is 50.9 Å². The van der Waals surface area contributed by atoms with E-state index in [0.717, 1.165) is 12.7 Å². The number of rotatable bonds is 4. The standard InChI is InChI=1S/C7H10Br2O/c1-2-3-4-5-7(8,9)6-10/h3-4,6H,2,5H2,1H3. The molecule has 0 aliphatic heterocycles. The zero-order chi connectivity index (χ0) is 8.04. The molecule has 0 rings (SSSR count). The molecule has 0 aromatic heterocycles. The maximum Gasteiger partial charge on any atom is 0.147 e. The van der Waals surface area contributed by atoms with Gasteiger partial charge in [0.2, 0.25) is 0 Å². The Morgan fingerprint density at radius 1 is 1.40 bits per heavy atom. The van der Waals surface area contributed by atoms with E-state index in [4.69, 9.17) is 0 Å². The zero-order valence-corrected chi connectivity index (χ0v) is 8.98. The van der Waals surface area contributed by atoms with Crippen molar-refractivity contribution in [2.45, 2.75) is 23.0 Å². The Morgan fingerprint density at radius 3 is 2.40 bits per heavy atom. The Labute approximate surface area is 78.1 Å². The summed E-state index contributed by atoms with van der Waals surface area (Å²) in [4.78, 5) is 10.3. The maximum absolute atomic E-state index is 10.3. The second kappa shape index (κ2) is 5.08. The first-order chi connectivity index (χ1) is 4.62. The fraction of sp³-hybridized carbons (Fsp3) is 0.571. The van der Waals surface area contributed by atoms with Crippen LogP contribution >= 0.6 is 31.9 Å². The molecule has 0 aromatic carbocycles. The number of carbonyl (C=O) groups excluding carboxylic acids is 1. The lowest BCUT2D eigenvalue weighted by Crippen LogP contribution is -2.10. The van der Waals surface area contributed by atoms with Gasteiger partial charge in [-0.25, -0.2) is 0 Å². The topological polar surface area (TPSA) is 17.1 Å². The SMILES string of the molecule is CCC=CCC(Br)(Br)C=O. The van der Waals surface area contributed by atoms with Gasteiger partial charge in [0, 0.05) is 0 Å². The Morgan fingerprint density at radius 2 is 2.00 bits per heavy atom. The lowest BCUT2D eigenvalue weighted by atomic mass is 10.3. The van der Waals surface area contributed by atoms with E-state index in [-0.39, 0.29) is 0 Å². The summed E-state index contributed by atoms with van der Waals surface area (Å²) in [6, 6.07) is 0. The largest absolute Gasteiger partial charge is 0.301 e. The van der Waals surface area contributed by atoms with Gasteiger partial charge in [-0.2, -0.15) is 0 Å². The normalized spacial score (nSPS) is 12.3. The summed E-state index contributed by atoms with van der Waals surface area (Å²) in [5.41, 5.74) is 0. The molecule has 0 amide bonds. The summed E-state index contributed by atoms with van der Waals surface area (Å²) in [5.74, 6) is 0. The highest BCUT2D eigenvalue weighted by molar-refractivity contribution is 9.25. The predicted molar refractivity (Wildman–Crippen MR) is 50.7 cm³/mol. The van der Waals surface area contributed by atoms with Gasteiger partial charge < -0.3 is 4.79 Å². The molecule has 0 saturated carbocycles. The zero-order valence-electron chi connectivity index (χ0n) is 5.81. The smallest absolute Gasteiger partial charge is 0.147 e. The van der Waals surface area contributed by atoms with Crippen LogP contribution in [-0.2, 0) is 4.79 Å². The van der Waals surface area contributed by atoms with Gasteiger partial charge >= 0.3 is 0 Å². The molecule has 10 heavy (non-hydrogen) atoms. The van der Waals surface area contributed by atoms with E-state index in [1.54, 1.807) is 0 Å². The molecule has 0 aliphatic carbocycles. The molecule has 0 fully saturated rings. The number of halogens is 2. The van der Waals surface area contributed by atoms with Crippen molar-refractivity contribution >= 4 is 38.1 Å². The van der Waals surface area contributed by atoms with Crippen LogP contribution in [0.15, 0.2) is 12.2 Å². The van der Waals surface area contributed by atoms with Gasteiger partial charge in [-0.15, -0.1) is 0 Å². The lowest BCUT2D eigenvalue weighted by molar-refractivity contribution is -0.107. The fourth-order valence-corrected chi connectivity index (χ4v) is 0.829. The second-order valence-electron chi connectivity index (χ2n) is 1.96. The van der Waals surface area contributed by atoms with Crippen LogP contribution in [0.3, 0.4) is 0 Å². The van der Waals surface area contributed by atoms with Crippen LogP contribution < -0.4 is 0 Å². The van der Waals surface area contributed by atoms with Crippen LogP contribution in [0.4, 0.5) is 0 Å². The fourth-order valence-electron chi connectivity index (χ4n) is 0.455. The molecule has 0 unspecified atom stereocenters. The average Bonchev–Trinajstić information content (AvgIpc) is 1.89. The Balaban J connectivity index is 3.66. The van der Waals surface area contributed by atoms with Crippen molar-refractivity contribution in [2.24, 2.45) is 0 Å². The van der Waals surface area contributed by atoms with Crippen molar-refractivity contribution in [1.29, 1.82) is 0 Å². The average molecular weight is 270 g/mol. The highest BCUT2D eigenvalue weighted by Crippen LogP contribution is 2.27. The molecule has 0 bridgehead atoms. The van der Waals surface area contributed by atoms with E-state index in [1.165, 1.54) is 0 Å². The summed E-state index contributed by atoms with van der Waals surface area (Å²) in [5, 5.41) is 0. The van der Waals surface area contributed by atoms with Gasteiger partial charge in [-0.3, -0.25) is 0 Å². The Kier molecular flexibility index (Phi) is 5.27. The van der Waals surface area contributed by atoms with Crippen molar-refractivity contribution in [3.63, 3.8) is 0 Å². The third kappa shape index (κ3) is 5.18. The van der Waals surface area contributed by atoms with Gasteiger partial charge in [-0.05, 0) is 12.8 Å². The van der Waals surface area contributed by atoms with E-state index in [2.05, 4.69) is 38.8 Å². The van der Waals surface area contributed by atoms with Crippen LogP contribution in [0, 0.1) is 0 Å². The molecule has 0 atom stereocenters. The number of carbonyl (C=O) groups is 1. The molecule has 0 saturated heterocycles. The van der Waals surface area contributed by atoms with Crippen LogP contribution in [0.5, 0.6) is 0 Å². The first kappa shape index (κ1) is 10.4. The minimum Gasteiger partial charge on any atom is -0.301 e. The molecule has 3 heteroatoms. The van der Waals surface area contributed by atoms with Gasteiger partial charge in [0.15, 0.2) is 0 Å². The molecule has 0 radical (unpaired) electrons. The van der Waals surface area contributed by atoms with Crippen molar-refractivity contribution in [1.82, 2.24) is 0 Å². The number of hydrogen-bond acceptors (Lipinski definition) is 1. The maximum atomic E-state index is 10.3. The van der Waals surface area contributed by atoms with Crippen molar-refractivity contribution in [3.8, 4) is 0 Å². The molecule has 0 aromatic rings. The minimum absolute atomic E-state index is 0.550. The highest BCUT2D eigenvalue weighted by Gasteiger charge is 2.18. The van der Waals surface area contributed by atoms with Crippen LogP contribution in [0.2, 0.25) is 0 Å². The molecule has 58 valence electrons. The van der Waals surface area contributed by atoms with E-state index < -0.39 is 3.23 Å². The third-order valence-electron chi connectivity index (χ3n) is 0.965. The molecule has 0 aliphatic rings. The monoisotopic (exact) mass is 268 g/mol. The van der Waals surface area contributed by atoms with Crippen molar-refractivity contribution in [3.05, 3.63) is 12.2 Å². The highest BCUT2D eigenvalue weighted by atomic mass is 79.9. The first-order valence-corrected chi connectivity index (χ1v) is 4.70. The van der Waals surface area contributed by atoms with Gasteiger partial charge in [0.25, 0.3) is 0 Å². The quantitative estimate of drug-likeness (QED) is 0.436. The van der Waals surface area contributed by atoms with E-state index in [9.17, 15) is 4.79 Å². The Hall–Kier alpha value is 0.370. The third-order valence-corrected chi connectivity index (χ3v) is 1.99. The second-order valence-corrected chi connectivity index (χ2v) is 5.86. The van der Waals surface area contributed by atoms with Crippen LogP contribution in [0.1, 0.15) is 19.8 Å². The van der Waals surface area contributed by atoms with E-state index in [0.29, 0.717) is 6.42 Å². The predicted octanol–water partition coefficient (Wildman–Crippen LogP) is 3.03. The number of alkyl halides is 2. The van der Waals surface area contributed by atoms with Gasteiger partial charge in [0.05, 0.1) is 0 Å². The Bertz CT molecular complexity index is 130. The summed E-state index contributed by atoms with van der Waals surface area (Å²) < 4.78 is -0.550. The molecule has 0 N–H and O–H groups in total. The minimum atomic E-state index is -0.550. The van der Waals surface area contributed by atoms with E-state index in [1.807, 2.05) is 12.2 Å². The molecular weight excluding hydrogens is 260 g/mol. The van der Waals surface area contributed by atoms with Crippen molar-refractivity contribution < 1.29 is 4.79 Å². The number of allylic oxidation sites excluding steroid dienone is 2. The molecule has 0 heterocycles. The summed E-state index contributed by atoms with van der Waals surface area (Å²) in [6.07, 6.45) is 6.53. The van der Waals surface area contributed by atoms with Crippen LogP contribution in [0.25, 0.3) is 0 Å². The molecule has 1 nitrogen and oxygen atoms in total. The number of hydrogen-bond donors (Lipinski definition) is 0. The lowest BCUT2D eigenvalue weighted by Gasteiger charge is -2.07. The number of aldehydes is 1. The van der Waals surface area contributed by atoms with E-state index >= 15 is 0 Å². The summed E-state index contributed by atoms with van der Waals surface area (Å²) >= 11 is 6.42. The molecule has 0 spiro atoms. The first-order valence-electron chi connectivity index (χ1n) is 3.11. The van der Waals surface area contributed by atoms with Crippen LogP contribution in [-0.4, -0.2) is 9.52 Å². The summed E-state index contributed by atoms with van der Waals surface area (Å²) in [7, 11) is 0. The molecular formula is C7H10Br2O.